The van der Waals surface area contributed by atoms with Gasteiger partial charge in [0.2, 0.25) is 0 Å². The van der Waals surface area contributed by atoms with Gasteiger partial charge in [0.25, 0.3) is 0 Å². The molecule has 1 aromatic rings. The highest BCUT2D eigenvalue weighted by atomic mass is 32.2. The van der Waals surface area contributed by atoms with E-state index >= 15 is 0 Å². The highest BCUT2D eigenvalue weighted by molar-refractivity contribution is 7.99. The van der Waals surface area contributed by atoms with E-state index in [0.717, 1.165) is 6.54 Å². The summed E-state index contributed by atoms with van der Waals surface area (Å²) in [6.45, 7) is 1.67. The van der Waals surface area contributed by atoms with Crippen molar-refractivity contribution in [3.05, 3.63) is 35.4 Å². The van der Waals surface area contributed by atoms with Gasteiger partial charge in [-0.2, -0.15) is 11.8 Å². The molecular formula is C14H21NOS. The molecule has 1 aliphatic heterocycles. The van der Waals surface area contributed by atoms with Gasteiger partial charge in [0.05, 0.1) is 6.61 Å². The molecular weight excluding hydrogens is 230 g/mol. The van der Waals surface area contributed by atoms with E-state index in [1.807, 2.05) is 0 Å². The summed E-state index contributed by atoms with van der Waals surface area (Å²) in [6.07, 6.45) is 2.67. The molecule has 2 rings (SSSR count). The number of thioether (sulfide) groups is 1. The summed E-state index contributed by atoms with van der Waals surface area (Å²) >= 11 is 2.07. The van der Waals surface area contributed by atoms with Crippen LogP contribution in [-0.2, 0) is 17.9 Å². The second-order valence-electron chi connectivity index (χ2n) is 4.50. The van der Waals surface area contributed by atoms with Crippen LogP contribution in [0.5, 0.6) is 0 Å². The molecule has 1 saturated heterocycles. The zero-order valence-corrected chi connectivity index (χ0v) is 11.3. The molecule has 94 valence electrons. The number of benzene rings is 1. The third-order valence-electron chi connectivity index (χ3n) is 3.16. The van der Waals surface area contributed by atoms with Crippen LogP contribution >= 0.6 is 11.8 Å². The van der Waals surface area contributed by atoms with Crippen LogP contribution in [0.4, 0.5) is 0 Å². The first kappa shape index (κ1) is 12.9. The summed E-state index contributed by atoms with van der Waals surface area (Å²) in [6, 6.07) is 9.21. The van der Waals surface area contributed by atoms with Crippen LogP contribution in [-0.4, -0.2) is 24.7 Å². The molecule has 0 aromatic heterocycles. The highest BCUT2D eigenvalue weighted by Crippen LogP contribution is 2.18. The molecule has 0 amide bonds. The van der Waals surface area contributed by atoms with E-state index < -0.39 is 0 Å². The molecule has 0 aliphatic carbocycles. The van der Waals surface area contributed by atoms with Gasteiger partial charge < -0.3 is 10.1 Å². The quantitative estimate of drug-likeness (QED) is 0.869. The zero-order chi connectivity index (χ0) is 11.9. The summed E-state index contributed by atoms with van der Waals surface area (Å²) in [4.78, 5) is 0. The summed E-state index contributed by atoms with van der Waals surface area (Å²) in [5.41, 5.74) is 2.66. The fourth-order valence-electron chi connectivity index (χ4n) is 2.18. The molecule has 0 radical (unpaired) electrons. The van der Waals surface area contributed by atoms with Crippen molar-refractivity contribution >= 4 is 11.8 Å². The lowest BCUT2D eigenvalue weighted by Crippen LogP contribution is -2.33. The summed E-state index contributed by atoms with van der Waals surface area (Å²) < 4.78 is 5.23. The molecule has 1 N–H and O–H groups in total. The maximum Gasteiger partial charge on any atom is 0.0716 e. The van der Waals surface area contributed by atoms with Crippen LogP contribution in [0.15, 0.2) is 24.3 Å². The number of methoxy groups -OCH3 is 1. The number of rotatable bonds is 5. The van der Waals surface area contributed by atoms with E-state index in [9.17, 15) is 0 Å². The lowest BCUT2D eigenvalue weighted by molar-refractivity contribution is 0.184. The average molecular weight is 251 g/mol. The van der Waals surface area contributed by atoms with Gasteiger partial charge in [-0.05, 0) is 29.7 Å². The minimum Gasteiger partial charge on any atom is -0.380 e. The fourth-order valence-corrected chi connectivity index (χ4v) is 3.29. The van der Waals surface area contributed by atoms with Crippen molar-refractivity contribution in [2.75, 3.05) is 18.6 Å². The first-order chi connectivity index (χ1) is 8.40. The smallest absolute Gasteiger partial charge is 0.0716 e. The lowest BCUT2D eigenvalue weighted by atomic mass is 10.1. The molecule has 2 nitrogen and oxygen atoms in total. The van der Waals surface area contributed by atoms with Crippen molar-refractivity contribution in [3.63, 3.8) is 0 Å². The predicted octanol–water partition coefficient (Wildman–Crippen LogP) is 2.82. The average Bonchev–Trinajstić information content (AvgIpc) is 2.39. The maximum atomic E-state index is 5.23. The molecule has 0 spiro atoms. The van der Waals surface area contributed by atoms with Crippen LogP contribution in [0.3, 0.4) is 0 Å². The van der Waals surface area contributed by atoms with E-state index in [1.54, 1.807) is 7.11 Å². The molecule has 1 aliphatic rings. The van der Waals surface area contributed by atoms with E-state index in [2.05, 4.69) is 41.3 Å². The Morgan fingerprint density at radius 2 is 2.18 bits per heavy atom. The summed E-state index contributed by atoms with van der Waals surface area (Å²) in [7, 11) is 1.75. The maximum absolute atomic E-state index is 5.23. The Labute approximate surface area is 108 Å². The van der Waals surface area contributed by atoms with Crippen molar-refractivity contribution in [1.29, 1.82) is 0 Å². The number of ether oxygens (including phenoxy) is 1. The lowest BCUT2D eigenvalue weighted by Gasteiger charge is -2.23. The number of hydrogen-bond acceptors (Lipinski definition) is 3. The molecule has 17 heavy (non-hydrogen) atoms. The minimum absolute atomic E-state index is 0.685. The summed E-state index contributed by atoms with van der Waals surface area (Å²) in [5.74, 6) is 2.59. The Hall–Kier alpha value is -0.510. The Morgan fingerprint density at radius 3 is 2.88 bits per heavy atom. The Kier molecular flexibility index (Phi) is 5.36. The van der Waals surface area contributed by atoms with E-state index in [1.165, 1.54) is 35.5 Å². The monoisotopic (exact) mass is 251 g/mol. The van der Waals surface area contributed by atoms with Crippen molar-refractivity contribution in [1.82, 2.24) is 5.32 Å². The molecule has 3 heteroatoms. The third kappa shape index (κ3) is 4.02. The predicted molar refractivity (Wildman–Crippen MR) is 74.3 cm³/mol. The number of hydrogen-bond donors (Lipinski definition) is 1. The van der Waals surface area contributed by atoms with Gasteiger partial charge in [-0.25, -0.2) is 0 Å². The normalized spacial score (nSPS) is 20.4. The third-order valence-corrected chi connectivity index (χ3v) is 4.38. The fraction of sp³-hybridized carbons (Fsp3) is 0.571. The Balaban J connectivity index is 1.88. The molecule has 0 bridgehead atoms. The van der Waals surface area contributed by atoms with Gasteiger partial charge in [0.15, 0.2) is 0 Å². The molecule has 1 aromatic carbocycles. The van der Waals surface area contributed by atoms with Gasteiger partial charge in [-0.1, -0.05) is 24.3 Å². The van der Waals surface area contributed by atoms with Gasteiger partial charge in [0.1, 0.15) is 0 Å². The molecule has 0 saturated carbocycles. The van der Waals surface area contributed by atoms with Gasteiger partial charge in [-0.3, -0.25) is 0 Å². The molecule has 1 unspecified atom stereocenters. The van der Waals surface area contributed by atoms with Crippen molar-refractivity contribution in [3.8, 4) is 0 Å². The van der Waals surface area contributed by atoms with E-state index in [0.29, 0.717) is 12.6 Å². The van der Waals surface area contributed by atoms with Crippen molar-refractivity contribution < 1.29 is 4.74 Å². The first-order valence-electron chi connectivity index (χ1n) is 6.27. The zero-order valence-electron chi connectivity index (χ0n) is 10.4. The molecule has 1 atom stereocenters. The van der Waals surface area contributed by atoms with Crippen LogP contribution in [0.2, 0.25) is 0 Å². The topological polar surface area (TPSA) is 21.3 Å². The molecule has 1 fully saturated rings. The Morgan fingerprint density at radius 1 is 1.35 bits per heavy atom. The molecule has 1 heterocycles. The van der Waals surface area contributed by atoms with Gasteiger partial charge in [0, 0.05) is 25.4 Å². The minimum atomic E-state index is 0.685. The van der Waals surface area contributed by atoms with Crippen molar-refractivity contribution in [2.24, 2.45) is 0 Å². The largest absolute Gasteiger partial charge is 0.380 e. The second kappa shape index (κ2) is 7.04. The number of nitrogens with one attached hydrogen (secondary N) is 1. The van der Waals surface area contributed by atoms with Crippen LogP contribution in [0, 0.1) is 0 Å². The SMILES string of the molecule is COCc1ccccc1CNC1CCCSC1. The van der Waals surface area contributed by atoms with Gasteiger partial charge >= 0.3 is 0 Å². The van der Waals surface area contributed by atoms with E-state index in [4.69, 9.17) is 4.74 Å². The second-order valence-corrected chi connectivity index (χ2v) is 5.65. The standard InChI is InChI=1S/C14H21NOS/c1-16-10-13-6-3-2-5-12(13)9-15-14-7-4-8-17-11-14/h2-3,5-6,14-15H,4,7-11H2,1H3. The van der Waals surface area contributed by atoms with Crippen LogP contribution in [0.1, 0.15) is 24.0 Å². The van der Waals surface area contributed by atoms with Crippen LogP contribution in [0.25, 0.3) is 0 Å². The summed E-state index contributed by atoms with van der Waals surface area (Å²) in [5, 5.41) is 3.66. The van der Waals surface area contributed by atoms with Crippen LogP contribution < -0.4 is 5.32 Å². The van der Waals surface area contributed by atoms with E-state index in [-0.39, 0.29) is 0 Å². The highest BCUT2D eigenvalue weighted by Gasteiger charge is 2.13. The first-order valence-corrected chi connectivity index (χ1v) is 7.42. The van der Waals surface area contributed by atoms with Crippen molar-refractivity contribution in [2.45, 2.75) is 32.0 Å². The Bertz CT molecular complexity index is 337. The van der Waals surface area contributed by atoms with Gasteiger partial charge in [-0.15, -0.1) is 0 Å².